The molecule has 0 fully saturated rings. The Morgan fingerprint density at radius 1 is 1.50 bits per heavy atom. The first-order valence-corrected chi connectivity index (χ1v) is 4.39. The predicted molar refractivity (Wildman–Crippen MR) is 51.0 cm³/mol. The van der Waals surface area contributed by atoms with E-state index in [-0.39, 0.29) is 5.91 Å². The zero-order valence-corrected chi connectivity index (χ0v) is 7.73. The second kappa shape index (κ2) is 8.27. The number of amides is 1. The molecule has 3 heteroatoms. The number of carbonyl (C=O) groups is 1. The summed E-state index contributed by atoms with van der Waals surface area (Å²) in [5, 5.41) is 5.88. The monoisotopic (exact) mass is 170 g/mol. The van der Waals surface area contributed by atoms with E-state index in [0.717, 1.165) is 19.5 Å². The highest BCUT2D eigenvalue weighted by Gasteiger charge is 1.97. The van der Waals surface area contributed by atoms with E-state index in [9.17, 15) is 4.79 Å². The summed E-state index contributed by atoms with van der Waals surface area (Å²) in [5.41, 5.74) is 0. The Bertz CT molecular complexity index is 134. The fourth-order valence-electron chi connectivity index (χ4n) is 0.781. The third-order valence-electron chi connectivity index (χ3n) is 1.45. The van der Waals surface area contributed by atoms with Crippen molar-refractivity contribution in [3.63, 3.8) is 0 Å². The number of hydrogen-bond donors (Lipinski definition) is 2. The second-order valence-electron chi connectivity index (χ2n) is 2.53. The molecule has 70 valence electrons. The average molecular weight is 170 g/mol. The zero-order valence-electron chi connectivity index (χ0n) is 7.73. The van der Waals surface area contributed by atoms with Gasteiger partial charge in [-0.3, -0.25) is 4.79 Å². The molecule has 12 heavy (non-hydrogen) atoms. The van der Waals surface area contributed by atoms with Gasteiger partial charge < -0.3 is 10.6 Å². The van der Waals surface area contributed by atoms with Crippen LogP contribution >= 0.6 is 0 Å². The van der Waals surface area contributed by atoms with E-state index in [1.807, 2.05) is 6.92 Å². The van der Waals surface area contributed by atoms with Crippen molar-refractivity contribution in [1.29, 1.82) is 0 Å². The van der Waals surface area contributed by atoms with E-state index >= 15 is 0 Å². The summed E-state index contributed by atoms with van der Waals surface area (Å²) in [6, 6.07) is 0. The molecule has 0 aliphatic heterocycles. The Balaban J connectivity index is 3.15. The Morgan fingerprint density at radius 3 is 2.83 bits per heavy atom. The number of rotatable bonds is 7. The van der Waals surface area contributed by atoms with Gasteiger partial charge in [-0.25, -0.2) is 0 Å². The lowest BCUT2D eigenvalue weighted by Crippen LogP contribution is -2.28. The number of carbonyl (C=O) groups excluding carboxylic acids is 1. The van der Waals surface area contributed by atoms with E-state index in [0.29, 0.717) is 13.0 Å². The smallest absolute Gasteiger partial charge is 0.221 e. The normalized spacial score (nSPS) is 9.42. The standard InChI is InChI=1S/C9H18N2O/c1-3-5-7-11-9(12)6-8-10-4-2/h3,10H,1,4-8H2,2H3,(H,11,12). The lowest BCUT2D eigenvalue weighted by molar-refractivity contribution is -0.120. The lowest BCUT2D eigenvalue weighted by atomic mass is 10.3. The molecule has 0 aromatic heterocycles. The molecule has 2 N–H and O–H groups in total. The molecule has 1 amide bonds. The maximum atomic E-state index is 11.0. The molecule has 3 nitrogen and oxygen atoms in total. The summed E-state index contributed by atoms with van der Waals surface area (Å²) in [5.74, 6) is 0.109. The van der Waals surface area contributed by atoms with E-state index in [1.54, 1.807) is 6.08 Å². The highest BCUT2D eigenvalue weighted by molar-refractivity contribution is 5.75. The third kappa shape index (κ3) is 7.28. The topological polar surface area (TPSA) is 41.1 Å². The van der Waals surface area contributed by atoms with Crippen LogP contribution in [-0.4, -0.2) is 25.5 Å². The van der Waals surface area contributed by atoms with Crippen LogP contribution in [0.15, 0.2) is 12.7 Å². The van der Waals surface area contributed by atoms with Crippen LogP contribution in [0.5, 0.6) is 0 Å². The Labute approximate surface area is 74.2 Å². The highest BCUT2D eigenvalue weighted by Crippen LogP contribution is 1.79. The van der Waals surface area contributed by atoms with Gasteiger partial charge in [-0.2, -0.15) is 0 Å². The van der Waals surface area contributed by atoms with Crippen molar-refractivity contribution in [3.8, 4) is 0 Å². The lowest BCUT2D eigenvalue weighted by Gasteiger charge is -2.03. The largest absolute Gasteiger partial charge is 0.356 e. The van der Waals surface area contributed by atoms with Crippen molar-refractivity contribution in [3.05, 3.63) is 12.7 Å². The first-order valence-electron chi connectivity index (χ1n) is 4.39. The second-order valence-corrected chi connectivity index (χ2v) is 2.53. The van der Waals surface area contributed by atoms with Crippen molar-refractivity contribution in [2.24, 2.45) is 0 Å². The van der Waals surface area contributed by atoms with Crippen molar-refractivity contribution in [2.75, 3.05) is 19.6 Å². The number of nitrogens with one attached hydrogen (secondary N) is 2. The quantitative estimate of drug-likeness (QED) is 0.436. The minimum Gasteiger partial charge on any atom is -0.356 e. The highest BCUT2D eigenvalue weighted by atomic mass is 16.1. The zero-order chi connectivity index (χ0) is 9.23. The van der Waals surface area contributed by atoms with Gasteiger partial charge in [0.1, 0.15) is 0 Å². The summed E-state index contributed by atoms with van der Waals surface area (Å²) in [6.07, 6.45) is 3.20. The molecular formula is C9H18N2O. The molecule has 0 spiro atoms. The van der Waals surface area contributed by atoms with Crippen LogP contribution in [0, 0.1) is 0 Å². The average Bonchev–Trinajstić information content (AvgIpc) is 2.06. The molecule has 0 atom stereocenters. The van der Waals surface area contributed by atoms with Gasteiger partial charge in [-0.1, -0.05) is 13.0 Å². The summed E-state index contributed by atoms with van der Waals surface area (Å²) < 4.78 is 0. The predicted octanol–water partition coefficient (Wildman–Crippen LogP) is 0.678. The fraction of sp³-hybridized carbons (Fsp3) is 0.667. The summed E-state index contributed by atoms with van der Waals surface area (Å²) >= 11 is 0. The summed E-state index contributed by atoms with van der Waals surface area (Å²) in [6.45, 7) is 7.97. The summed E-state index contributed by atoms with van der Waals surface area (Å²) in [7, 11) is 0. The first-order chi connectivity index (χ1) is 5.81. The molecule has 0 rings (SSSR count). The molecule has 0 aliphatic rings. The minimum absolute atomic E-state index is 0.109. The third-order valence-corrected chi connectivity index (χ3v) is 1.45. The molecule has 0 aromatic rings. The van der Waals surface area contributed by atoms with Crippen molar-refractivity contribution >= 4 is 5.91 Å². The SMILES string of the molecule is C=CCCNC(=O)CCNCC. The van der Waals surface area contributed by atoms with E-state index in [4.69, 9.17) is 0 Å². The summed E-state index contributed by atoms with van der Waals surface area (Å²) in [4.78, 5) is 11.0. The van der Waals surface area contributed by atoms with Crippen LogP contribution in [-0.2, 0) is 4.79 Å². The molecule has 0 aliphatic carbocycles. The van der Waals surface area contributed by atoms with Crippen molar-refractivity contribution in [2.45, 2.75) is 19.8 Å². The molecule has 0 unspecified atom stereocenters. The van der Waals surface area contributed by atoms with Gasteiger partial charge >= 0.3 is 0 Å². The van der Waals surface area contributed by atoms with Crippen LogP contribution in [0.25, 0.3) is 0 Å². The molecule has 0 bridgehead atoms. The minimum atomic E-state index is 0.109. The van der Waals surface area contributed by atoms with Crippen LogP contribution in [0.4, 0.5) is 0 Å². The van der Waals surface area contributed by atoms with Gasteiger partial charge in [-0.15, -0.1) is 6.58 Å². The Kier molecular flexibility index (Phi) is 7.70. The molecule has 0 radical (unpaired) electrons. The van der Waals surface area contributed by atoms with Gasteiger partial charge in [0, 0.05) is 19.5 Å². The molecule has 0 saturated carbocycles. The van der Waals surface area contributed by atoms with Gasteiger partial charge in [-0.05, 0) is 13.0 Å². The van der Waals surface area contributed by atoms with Crippen LogP contribution in [0.3, 0.4) is 0 Å². The first kappa shape index (κ1) is 11.2. The molecular weight excluding hydrogens is 152 g/mol. The van der Waals surface area contributed by atoms with E-state index < -0.39 is 0 Å². The van der Waals surface area contributed by atoms with Gasteiger partial charge in [0.05, 0.1) is 0 Å². The van der Waals surface area contributed by atoms with Crippen LogP contribution in [0.1, 0.15) is 19.8 Å². The van der Waals surface area contributed by atoms with Crippen molar-refractivity contribution < 1.29 is 4.79 Å². The van der Waals surface area contributed by atoms with Gasteiger partial charge in [0.25, 0.3) is 0 Å². The van der Waals surface area contributed by atoms with Gasteiger partial charge in [0.2, 0.25) is 5.91 Å². The molecule has 0 saturated heterocycles. The molecule has 0 aromatic carbocycles. The van der Waals surface area contributed by atoms with Crippen LogP contribution in [0.2, 0.25) is 0 Å². The van der Waals surface area contributed by atoms with Gasteiger partial charge in [0.15, 0.2) is 0 Å². The maximum absolute atomic E-state index is 11.0. The maximum Gasteiger partial charge on any atom is 0.221 e. The fourth-order valence-corrected chi connectivity index (χ4v) is 0.781. The van der Waals surface area contributed by atoms with E-state index in [1.165, 1.54) is 0 Å². The van der Waals surface area contributed by atoms with E-state index in [2.05, 4.69) is 17.2 Å². The Morgan fingerprint density at radius 2 is 2.25 bits per heavy atom. The Hall–Kier alpha value is -0.830. The van der Waals surface area contributed by atoms with Crippen LogP contribution < -0.4 is 10.6 Å². The number of hydrogen-bond acceptors (Lipinski definition) is 2. The molecule has 0 heterocycles. The van der Waals surface area contributed by atoms with Crippen molar-refractivity contribution in [1.82, 2.24) is 10.6 Å².